The molecule has 0 heterocycles. The van der Waals surface area contributed by atoms with Gasteiger partial charge in [-0.2, -0.15) is 0 Å². The van der Waals surface area contributed by atoms with Crippen molar-refractivity contribution in [3.05, 3.63) is 28.0 Å². The number of carbonyl (C=O) groups is 1. The first kappa shape index (κ1) is 10.9. The Labute approximate surface area is 86.7 Å². The maximum absolute atomic E-state index is 13.2. The van der Waals surface area contributed by atoms with Crippen molar-refractivity contribution in [2.75, 3.05) is 0 Å². The van der Waals surface area contributed by atoms with Gasteiger partial charge in [0.25, 0.3) is 0 Å². The topological polar surface area (TPSA) is 77.8 Å². The average molecular weight is 265 g/mol. The second-order valence-corrected chi connectivity index (χ2v) is 3.43. The summed E-state index contributed by atoms with van der Waals surface area (Å²) in [6.45, 7) is 0. The van der Waals surface area contributed by atoms with Crippen LogP contribution < -0.4 is 0 Å². The lowest BCUT2D eigenvalue weighted by Crippen LogP contribution is -2.12. The van der Waals surface area contributed by atoms with E-state index in [0.717, 1.165) is 12.1 Å². The number of phenols is 1. The van der Waals surface area contributed by atoms with Crippen molar-refractivity contribution in [2.45, 2.75) is 6.10 Å². The van der Waals surface area contributed by atoms with Gasteiger partial charge in [-0.1, -0.05) is 0 Å². The summed E-state index contributed by atoms with van der Waals surface area (Å²) in [7, 11) is 0. The molecule has 0 saturated heterocycles. The lowest BCUT2D eigenvalue weighted by Gasteiger charge is -2.08. The summed E-state index contributed by atoms with van der Waals surface area (Å²) >= 11 is 2.78. The van der Waals surface area contributed by atoms with Gasteiger partial charge in [-0.3, -0.25) is 0 Å². The van der Waals surface area contributed by atoms with Crippen LogP contribution in [0.5, 0.6) is 5.75 Å². The van der Waals surface area contributed by atoms with E-state index in [1.807, 2.05) is 0 Å². The summed E-state index contributed by atoms with van der Waals surface area (Å²) in [5.74, 6) is -2.81. The van der Waals surface area contributed by atoms with E-state index in [-0.39, 0.29) is 10.2 Å². The molecule has 0 fully saturated rings. The summed E-state index contributed by atoms with van der Waals surface area (Å²) in [6, 6.07) is 1.92. The Morgan fingerprint density at radius 3 is 2.57 bits per heavy atom. The van der Waals surface area contributed by atoms with Crippen LogP contribution in [0.15, 0.2) is 16.6 Å². The maximum atomic E-state index is 13.2. The number of aliphatic hydroxyl groups excluding tert-OH is 1. The number of aromatic hydroxyl groups is 1. The molecule has 1 rings (SSSR count). The average Bonchev–Trinajstić information content (AvgIpc) is 2.09. The molecule has 0 saturated carbocycles. The van der Waals surface area contributed by atoms with Crippen LogP contribution in [0.1, 0.15) is 11.7 Å². The molecule has 0 aliphatic rings. The fourth-order valence-electron chi connectivity index (χ4n) is 0.927. The number of aliphatic carboxylic acids is 1. The molecule has 0 radical (unpaired) electrons. The molecule has 1 atom stereocenters. The van der Waals surface area contributed by atoms with Crippen LogP contribution in [0.4, 0.5) is 4.39 Å². The van der Waals surface area contributed by atoms with Crippen molar-refractivity contribution in [1.29, 1.82) is 0 Å². The Hall–Kier alpha value is -1.14. The van der Waals surface area contributed by atoms with Gasteiger partial charge in [-0.15, -0.1) is 0 Å². The fraction of sp³-hybridized carbons (Fsp3) is 0.125. The highest BCUT2D eigenvalue weighted by atomic mass is 79.9. The van der Waals surface area contributed by atoms with E-state index in [1.165, 1.54) is 0 Å². The van der Waals surface area contributed by atoms with E-state index in [4.69, 9.17) is 15.3 Å². The molecule has 0 amide bonds. The van der Waals surface area contributed by atoms with Crippen LogP contribution in [-0.4, -0.2) is 21.3 Å². The fourth-order valence-corrected chi connectivity index (χ4v) is 1.39. The monoisotopic (exact) mass is 264 g/mol. The Balaban J connectivity index is 3.26. The lowest BCUT2D eigenvalue weighted by atomic mass is 10.1. The molecule has 3 N–H and O–H groups in total. The van der Waals surface area contributed by atoms with Gasteiger partial charge in [0, 0.05) is 5.56 Å². The molecular weight excluding hydrogens is 259 g/mol. The minimum absolute atomic E-state index is 0.104. The third kappa shape index (κ3) is 2.02. The number of carboxylic acid groups (broad SMARTS) is 1. The molecule has 1 aromatic carbocycles. The molecule has 76 valence electrons. The van der Waals surface area contributed by atoms with Crippen molar-refractivity contribution in [2.24, 2.45) is 0 Å². The first-order valence-electron chi connectivity index (χ1n) is 3.52. The zero-order valence-electron chi connectivity index (χ0n) is 6.74. The zero-order chi connectivity index (χ0) is 10.9. The number of aliphatic hydroxyl groups is 1. The van der Waals surface area contributed by atoms with Crippen molar-refractivity contribution in [3.63, 3.8) is 0 Å². The molecule has 0 spiro atoms. The molecule has 6 heteroatoms. The number of rotatable bonds is 2. The van der Waals surface area contributed by atoms with E-state index in [2.05, 4.69) is 15.9 Å². The van der Waals surface area contributed by atoms with Crippen molar-refractivity contribution >= 4 is 21.9 Å². The SMILES string of the molecule is O=C(O)C(O)c1cc(O)cc(Br)c1F. The molecule has 0 aliphatic carbocycles. The van der Waals surface area contributed by atoms with Gasteiger partial charge in [0.2, 0.25) is 0 Å². The van der Waals surface area contributed by atoms with E-state index in [0.29, 0.717) is 0 Å². The third-order valence-corrected chi connectivity index (χ3v) is 2.15. The predicted molar refractivity (Wildman–Crippen MR) is 48.4 cm³/mol. The minimum Gasteiger partial charge on any atom is -0.508 e. The van der Waals surface area contributed by atoms with Gasteiger partial charge in [0.05, 0.1) is 4.47 Å². The van der Waals surface area contributed by atoms with Crippen LogP contribution in [0.2, 0.25) is 0 Å². The molecule has 0 aliphatic heterocycles. The van der Waals surface area contributed by atoms with Crippen LogP contribution in [-0.2, 0) is 4.79 Å². The maximum Gasteiger partial charge on any atom is 0.337 e. The highest BCUT2D eigenvalue weighted by Gasteiger charge is 2.22. The number of halogens is 2. The molecule has 4 nitrogen and oxygen atoms in total. The van der Waals surface area contributed by atoms with E-state index in [9.17, 15) is 9.18 Å². The predicted octanol–water partition coefficient (Wildman–Crippen LogP) is 1.41. The Morgan fingerprint density at radius 2 is 2.07 bits per heavy atom. The zero-order valence-corrected chi connectivity index (χ0v) is 8.32. The highest BCUT2D eigenvalue weighted by Crippen LogP contribution is 2.28. The molecule has 0 aromatic heterocycles. The van der Waals surface area contributed by atoms with Crippen molar-refractivity contribution in [1.82, 2.24) is 0 Å². The van der Waals surface area contributed by atoms with Crippen LogP contribution >= 0.6 is 15.9 Å². The van der Waals surface area contributed by atoms with Gasteiger partial charge in [0.15, 0.2) is 6.10 Å². The van der Waals surface area contributed by atoms with E-state index >= 15 is 0 Å². The number of carboxylic acids is 1. The lowest BCUT2D eigenvalue weighted by molar-refractivity contribution is -0.147. The summed E-state index contributed by atoms with van der Waals surface area (Å²) in [5, 5.41) is 26.5. The number of benzene rings is 1. The van der Waals surface area contributed by atoms with Gasteiger partial charge >= 0.3 is 5.97 Å². The first-order chi connectivity index (χ1) is 6.43. The van der Waals surface area contributed by atoms with Crippen LogP contribution in [0.3, 0.4) is 0 Å². The number of phenolic OH excluding ortho intramolecular Hbond substituents is 1. The summed E-state index contributed by atoms with van der Waals surface area (Å²) in [6.07, 6.45) is -1.99. The quantitative estimate of drug-likeness (QED) is 0.755. The smallest absolute Gasteiger partial charge is 0.337 e. The Bertz CT molecular complexity index is 380. The second kappa shape index (κ2) is 3.93. The highest BCUT2D eigenvalue weighted by molar-refractivity contribution is 9.10. The van der Waals surface area contributed by atoms with E-state index < -0.39 is 23.5 Å². The summed E-state index contributed by atoms with van der Waals surface area (Å²) in [5.41, 5.74) is -0.482. The Morgan fingerprint density at radius 1 is 1.50 bits per heavy atom. The third-order valence-electron chi connectivity index (χ3n) is 1.57. The molecule has 1 unspecified atom stereocenters. The van der Waals surface area contributed by atoms with E-state index in [1.54, 1.807) is 0 Å². The first-order valence-corrected chi connectivity index (χ1v) is 4.31. The van der Waals surface area contributed by atoms with Crippen LogP contribution in [0.25, 0.3) is 0 Å². The van der Waals surface area contributed by atoms with Gasteiger partial charge in [0.1, 0.15) is 11.6 Å². The summed E-state index contributed by atoms with van der Waals surface area (Å²) in [4.78, 5) is 10.4. The number of hydrogen-bond acceptors (Lipinski definition) is 3. The largest absolute Gasteiger partial charge is 0.508 e. The molecule has 0 bridgehead atoms. The van der Waals surface area contributed by atoms with Gasteiger partial charge in [-0.05, 0) is 28.1 Å². The van der Waals surface area contributed by atoms with Crippen molar-refractivity contribution < 1.29 is 24.5 Å². The normalized spacial score (nSPS) is 12.5. The molecule has 1 aromatic rings. The standard InChI is InChI=1S/C8H6BrFO4/c9-5-2-3(11)1-4(6(5)10)7(12)8(13)14/h1-2,7,11-12H,(H,13,14). The van der Waals surface area contributed by atoms with Gasteiger partial charge in [-0.25, -0.2) is 9.18 Å². The summed E-state index contributed by atoms with van der Waals surface area (Å²) < 4.78 is 13.1. The minimum atomic E-state index is -1.99. The number of hydrogen-bond donors (Lipinski definition) is 3. The van der Waals surface area contributed by atoms with Crippen LogP contribution in [0, 0.1) is 5.82 Å². The van der Waals surface area contributed by atoms with Crippen molar-refractivity contribution in [3.8, 4) is 5.75 Å². The second-order valence-electron chi connectivity index (χ2n) is 2.57. The van der Waals surface area contributed by atoms with Gasteiger partial charge < -0.3 is 15.3 Å². The molecule has 14 heavy (non-hydrogen) atoms. The Kier molecular flexibility index (Phi) is 3.07. The molecular formula is C8H6BrFO4.